The van der Waals surface area contributed by atoms with E-state index in [0.29, 0.717) is 0 Å². The van der Waals surface area contributed by atoms with E-state index in [1.165, 1.54) is 5.56 Å². The van der Waals surface area contributed by atoms with Gasteiger partial charge in [-0.3, -0.25) is 0 Å². The summed E-state index contributed by atoms with van der Waals surface area (Å²) in [5, 5.41) is 3.45. The van der Waals surface area contributed by atoms with E-state index in [4.69, 9.17) is 4.42 Å². The zero-order valence-corrected chi connectivity index (χ0v) is 11.6. The van der Waals surface area contributed by atoms with Gasteiger partial charge in [-0.05, 0) is 40.3 Å². The number of nitrogens with one attached hydrogen (secondary N) is 1. The SMILES string of the molecule is CCNC(CC#CC(C)(C)C)c1ccoc1C. The number of furan rings is 1. The van der Waals surface area contributed by atoms with Gasteiger partial charge in [0.15, 0.2) is 0 Å². The Balaban J connectivity index is 2.74. The topological polar surface area (TPSA) is 25.2 Å². The molecular weight excluding hydrogens is 210 g/mol. The number of hydrogen-bond acceptors (Lipinski definition) is 2. The van der Waals surface area contributed by atoms with Crippen molar-refractivity contribution < 1.29 is 4.42 Å². The van der Waals surface area contributed by atoms with Crippen molar-refractivity contribution in [3.8, 4) is 11.8 Å². The predicted molar refractivity (Wildman–Crippen MR) is 71.7 cm³/mol. The van der Waals surface area contributed by atoms with Crippen molar-refractivity contribution in [1.82, 2.24) is 5.32 Å². The van der Waals surface area contributed by atoms with E-state index in [-0.39, 0.29) is 11.5 Å². The van der Waals surface area contributed by atoms with E-state index in [1.807, 2.05) is 13.0 Å². The minimum absolute atomic E-state index is 0.0716. The lowest BCUT2D eigenvalue weighted by atomic mass is 9.97. The lowest BCUT2D eigenvalue weighted by Gasteiger charge is -2.15. The molecule has 1 rings (SSSR count). The van der Waals surface area contributed by atoms with Gasteiger partial charge in [0.05, 0.1) is 6.26 Å². The second-order valence-corrected chi connectivity index (χ2v) is 5.30. The van der Waals surface area contributed by atoms with E-state index < -0.39 is 0 Å². The normalized spacial score (nSPS) is 13.0. The molecule has 1 heterocycles. The largest absolute Gasteiger partial charge is 0.469 e. The zero-order chi connectivity index (χ0) is 12.9. The first kappa shape index (κ1) is 13.9. The maximum atomic E-state index is 5.35. The standard InChI is InChI=1S/C15H23NO/c1-6-16-14(8-7-10-15(3,4)5)13-9-11-17-12(13)2/h9,11,14,16H,6,8H2,1-5H3. The third-order valence-corrected chi connectivity index (χ3v) is 2.49. The van der Waals surface area contributed by atoms with Gasteiger partial charge in [0.25, 0.3) is 0 Å². The van der Waals surface area contributed by atoms with Crippen LogP contribution in [0.15, 0.2) is 16.7 Å². The smallest absolute Gasteiger partial charge is 0.105 e. The minimum Gasteiger partial charge on any atom is -0.469 e. The number of aryl methyl sites for hydroxylation is 1. The van der Waals surface area contributed by atoms with Gasteiger partial charge in [0.2, 0.25) is 0 Å². The lowest BCUT2D eigenvalue weighted by Crippen LogP contribution is -2.20. The van der Waals surface area contributed by atoms with Crippen molar-refractivity contribution in [3.05, 3.63) is 23.7 Å². The van der Waals surface area contributed by atoms with Gasteiger partial charge in [0, 0.05) is 23.4 Å². The maximum absolute atomic E-state index is 5.35. The van der Waals surface area contributed by atoms with Crippen LogP contribution in [-0.2, 0) is 0 Å². The molecule has 94 valence electrons. The zero-order valence-electron chi connectivity index (χ0n) is 11.6. The van der Waals surface area contributed by atoms with Crippen LogP contribution in [0.1, 0.15) is 51.5 Å². The summed E-state index contributed by atoms with van der Waals surface area (Å²) in [5.41, 5.74) is 1.29. The van der Waals surface area contributed by atoms with Gasteiger partial charge in [-0.1, -0.05) is 12.8 Å². The van der Waals surface area contributed by atoms with Crippen LogP contribution in [0.25, 0.3) is 0 Å². The van der Waals surface area contributed by atoms with Gasteiger partial charge in [-0.15, -0.1) is 5.92 Å². The molecule has 17 heavy (non-hydrogen) atoms. The van der Waals surface area contributed by atoms with E-state index in [1.54, 1.807) is 6.26 Å². The van der Waals surface area contributed by atoms with Crippen LogP contribution in [-0.4, -0.2) is 6.54 Å². The van der Waals surface area contributed by atoms with Crippen LogP contribution in [0.5, 0.6) is 0 Å². The van der Waals surface area contributed by atoms with E-state index in [9.17, 15) is 0 Å². The Kier molecular flexibility index (Phi) is 4.84. The molecule has 0 aromatic carbocycles. The summed E-state index contributed by atoms with van der Waals surface area (Å²) in [5.74, 6) is 7.52. The highest BCUT2D eigenvalue weighted by atomic mass is 16.3. The first-order valence-corrected chi connectivity index (χ1v) is 6.21. The van der Waals surface area contributed by atoms with Crippen molar-refractivity contribution in [2.45, 2.75) is 47.1 Å². The molecule has 1 aromatic rings. The van der Waals surface area contributed by atoms with Crippen LogP contribution >= 0.6 is 0 Å². The molecule has 0 aliphatic rings. The van der Waals surface area contributed by atoms with E-state index in [0.717, 1.165) is 18.7 Å². The van der Waals surface area contributed by atoms with Crippen molar-refractivity contribution in [3.63, 3.8) is 0 Å². The highest BCUT2D eigenvalue weighted by Gasteiger charge is 2.13. The third-order valence-electron chi connectivity index (χ3n) is 2.49. The first-order chi connectivity index (χ1) is 7.94. The Hall–Kier alpha value is -1.20. The summed E-state index contributed by atoms with van der Waals surface area (Å²) >= 11 is 0. The van der Waals surface area contributed by atoms with Crippen molar-refractivity contribution >= 4 is 0 Å². The summed E-state index contributed by atoms with van der Waals surface area (Å²) in [6.45, 7) is 11.4. The molecule has 0 spiro atoms. The summed E-state index contributed by atoms with van der Waals surface area (Å²) in [7, 11) is 0. The maximum Gasteiger partial charge on any atom is 0.105 e. The van der Waals surface area contributed by atoms with Gasteiger partial charge >= 0.3 is 0 Å². The molecule has 2 nitrogen and oxygen atoms in total. The minimum atomic E-state index is 0.0716. The monoisotopic (exact) mass is 233 g/mol. The van der Waals surface area contributed by atoms with Crippen LogP contribution in [0, 0.1) is 24.2 Å². The van der Waals surface area contributed by atoms with Crippen LogP contribution in [0.4, 0.5) is 0 Å². The molecule has 0 radical (unpaired) electrons. The van der Waals surface area contributed by atoms with Gasteiger partial charge in [0.1, 0.15) is 5.76 Å². The van der Waals surface area contributed by atoms with Gasteiger partial charge < -0.3 is 9.73 Å². The van der Waals surface area contributed by atoms with Gasteiger partial charge in [-0.25, -0.2) is 0 Å². The molecule has 0 aliphatic heterocycles. The molecule has 1 N–H and O–H groups in total. The molecule has 2 heteroatoms. The quantitative estimate of drug-likeness (QED) is 0.803. The Morgan fingerprint density at radius 2 is 2.12 bits per heavy atom. The summed E-state index contributed by atoms with van der Waals surface area (Å²) in [6.07, 6.45) is 2.57. The average molecular weight is 233 g/mol. The first-order valence-electron chi connectivity index (χ1n) is 6.21. The molecule has 0 amide bonds. The molecule has 0 fully saturated rings. The second-order valence-electron chi connectivity index (χ2n) is 5.30. The van der Waals surface area contributed by atoms with Crippen molar-refractivity contribution in [2.24, 2.45) is 5.41 Å². The molecule has 0 saturated heterocycles. The Morgan fingerprint density at radius 1 is 1.41 bits per heavy atom. The molecule has 0 saturated carbocycles. The van der Waals surface area contributed by atoms with E-state index >= 15 is 0 Å². The fraction of sp³-hybridized carbons (Fsp3) is 0.600. The van der Waals surface area contributed by atoms with Crippen molar-refractivity contribution in [1.29, 1.82) is 0 Å². The molecule has 0 aliphatic carbocycles. The molecular formula is C15H23NO. The third kappa shape index (κ3) is 4.66. The molecule has 1 unspecified atom stereocenters. The van der Waals surface area contributed by atoms with Crippen LogP contribution in [0.2, 0.25) is 0 Å². The Morgan fingerprint density at radius 3 is 2.59 bits per heavy atom. The van der Waals surface area contributed by atoms with Gasteiger partial charge in [-0.2, -0.15) is 0 Å². The van der Waals surface area contributed by atoms with E-state index in [2.05, 4.69) is 44.9 Å². The molecule has 1 aromatic heterocycles. The number of rotatable bonds is 4. The van der Waals surface area contributed by atoms with Crippen molar-refractivity contribution in [2.75, 3.05) is 6.54 Å². The summed E-state index contributed by atoms with van der Waals surface area (Å²) in [6, 6.07) is 2.30. The second kappa shape index (κ2) is 5.93. The Bertz CT molecular complexity index is 401. The predicted octanol–water partition coefficient (Wildman–Crippen LogP) is 3.68. The molecule has 0 bridgehead atoms. The highest BCUT2D eigenvalue weighted by molar-refractivity contribution is 5.22. The van der Waals surface area contributed by atoms with Crippen LogP contribution in [0.3, 0.4) is 0 Å². The molecule has 1 atom stereocenters. The lowest BCUT2D eigenvalue weighted by molar-refractivity contribution is 0.506. The fourth-order valence-electron chi connectivity index (χ4n) is 1.71. The fourth-order valence-corrected chi connectivity index (χ4v) is 1.71. The van der Waals surface area contributed by atoms with Crippen LogP contribution < -0.4 is 5.32 Å². The highest BCUT2D eigenvalue weighted by Crippen LogP contribution is 2.21. The number of hydrogen-bond donors (Lipinski definition) is 1. The average Bonchev–Trinajstić information content (AvgIpc) is 2.61. The summed E-state index contributed by atoms with van der Waals surface area (Å²) < 4.78 is 5.35. The Labute approximate surface area is 105 Å². The summed E-state index contributed by atoms with van der Waals surface area (Å²) in [4.78, 5) is 0.